The highest BCUT2D eigenvalue weighted by Crippen LogP contribution is 2.37. The zero-order valence-electron chi connectivity index (χ0n) is 8.14. The van der Waals surface area contributed by atoms with Gasteiger partial charge in [0.25, 0.3) is 0 Å². The van der Waals surface area contributed by atoms with Gasteiger partial charge in [0.05, 0.1) is 6.07 Å². The molecule has 2 heterocycles. The summed E-state index contributed by atoms with van der Waals surface area (Å²) in [5, 5.41) is 17.7. The van der Waals surface area contributed by atoms with Crippen LogP contribution in [0.25, 0.3) is 0 Å². The maximum Gasteiger partial charge on any atom is 0.187 e. The van der Waals surface area contributed by atoms with Crippen molar-refractivity contribution in [1.82, 2.24) is 0 Å². The van der Waals surface area contributed by atoms with Gasteiger partial charge in [0.1, 0.15) is 12.2 Å². The lowest BCUT2D eigenvalue weighted by Gasteiger charge is -2.20. The van der Waals surface area contributed by atoms with Crippen LogP contribution in [-0.4, -0.2) is 35.5 Å². The molecular formula is C9H13NO4. The monoisotopic (exact) mass is 199 g/mol. The fraction of sp³-hybridized carbons (Fsp3) is 0.889. The van der Waals surface area contributed by atoms with E-state index in [4.69, 9.17) is 19.5 Å². The van der Waals surface area contributed by atoms with Crippen LogP contribution in [0.2, 0.25) is 0 Å². The third-order valence-electron chi connectivity index (χ3n) is 2.40. The first-order valence-electron chi connectivity index (χ1n) is 4.60. The van der Waals surface area contributed by atoms with Crippen molar-refractivity contribution < 1.29 is 19.3 Å². The average molecular weight is 199 g/mol. The molecule has 0 spiro atoms. The summed E-state index contributed by atoms with van der Waals surface area (Å²) in [6.07, 6.45) is -1.71. The van der Waals surface area contributed by atoms with Crippen molar-refractivity contribution in [3.63, 3.8) is 0 Å². The quantitative estimate of drug-likeness (QED) is 0.608. The van der Waals surface area contributed by atoms with Crippen molar-refractivity contribution in [3.8, 4) is 6.07 Å². The standard InChI is InChI=1S/C9H13NO4/c1-9(2)13-7-3-6(5(11)4-10)12-8(7)14-9/h5-8,11H,3H2,1-2H3/t5-,6+,7?,8-/m1/s1. The van der Waals surface area contributed by atoms with E-state index in [9.17, 15) is 5.11 Å². The summed E-state index contributed by atoms with van der Waals surface area (Å²) in [6.45, 7) is 3.62. The number of hydrogen-bond donors (Lipinski definition) is 1. The summed E-state index contributed by atoms with van der Waals surface area (Å²) in [6, 6.07) is 1.74. The van der Waals surface area contributed by atoms with Gasteiger partial charge in [0, 0.05) is 6.42 Å². The van der Waals surface area contributed by atoms with Gasteiger partial charge < -0.3 is 19.3 Å². The topological polar surface area (TPSA) is 71.7 Å². The molecule has 0 aliphatic carbocycles. The maximum absolute atomic E-state index is 9.25. The van der Waals surface area contributed by atoms with E-state index in [2.05, 4.69) is 0 Å². The Hall–Kier alpha value is -0.670. The number of aliphatic hydroxyl groups is 1. The molecule has 1 unspecified atom stereocenters. The van der Waals surface area contributed by atoms with Gasteiger partial charge in [-0.3, -0.25) is 0 Å². The predicted molar refractivity (Wildman–Crippen MR) is 44.9 cm³/mol. The van der Waals surface area contributed by atoms with Crippen LogP contribution in [-0.2, 0) is 14.2 Å². The van der Waals surface area contributed by atoms with Crippen LogP contribution in [0.15, 0.2) is 0 Å². The lowest BCUT2D eigenvalue weighted by molar-refractivity contribution is -0.211. The smallest absolute Gasteiger partial charge is 0.187 e. The molecule has 5 nitrogen and oxygen atoms in total. The SMILES string of the molecule is CC1(C)OC2C[C@@H]([C@H](O)C#N)O[C@@H]2O1. The van der Waals surface area contributed by atoms with Gasteiger partial charge in [-0.1, -0.05) is 0 Å². The molecule has 2 fully saturated rings. The molecule has 5 heteroatoms. The third-order valence-corrected chi connectivity index (χ3v) is 2.40. The van der Waals surface area contributed by atoms with E-state index < -0.39 is 24.3 Å². The normalized spacial score (nSPS) is 41.7. The van der Waals surface area contributed by atoms with E-state index in [-0.39, 0.29) is 6.10 Å². The van der Waals surface area contributed by atoms with E-state index in [1.165, 1.54) is 0 Å². The molecule has 0 aromatic carbocycles. The van der Waals surface area contributed by atoms with Gasteiger partial charge in [-0.15, -0.1) is 0 Å². The Morgan fingerprint density at radius 1 is 1.50 bits per heavy atom. The van der Waals surface area contributed by atoms with Crippen LogP contribution in [0.5, 0.6) is 0 Å². The van der Waals surface area contributed by atoms with E-state index in [0.29, 0.717) is 6.42 Å². The van der Waals surface area contributed by atoms with Crippen LogP contribution >= 0.6 is 0 Å². The zero-order valence-corrected chi connectivity index (χ0v) is 8.14. The molecule has 0 amide bonds. The molecule has 0 radical (unpaired) electrons. The molecule has 2 saturated heterocycles. The molecule has 2 rings (SSSR count). The van der Waals surface area contributed by atoms with Crippen LogP contribution in [0, 0.1) is 11.3 Å². The number of rotatable bonds is 1. The van der Waals surface area contributed by atoms with Gasteiger partial charge >= 0.3 is 0 Å². The molecule has 4 atom stereocenters. The molecule has 0 aromatic heterocycles. The molecule has 0 aromatic rings. The molecule has 14 heavy (non-hydrogen) atoms. The van der Waals surface area contributed by atoms with E-state index >= 15 is 0 Å². The minimum Gasteiger partial charge on any atom is -0.375 e. The fourth-order valence-corrected chi connectivity index (χ4v) is 1.82. The molecule has 0 bridgehead atoms. The third kappa shape index (κ3) is 1.62. The first-order chi connectivity index (χ1) is 6.52. The van der Waals surface area contributed by atoms with Crippen molar-refractivity contribution in [2.75, 3.05) is 0 Å². The second kappa shape index (κ2) is 3.17. The van der Waals surface area contributed by atoms with Gasteiger partial charge in [-0.25, -0.2) is 0 Å². The second-order valence-corrected chi connectivity index (χ2v) is 4.03. The Balaban J connectivity index is 1.97. The summed E-state index contributed by atoms with van der Waals surface area (Å²) < 4.78 is 16.3. The van der Waals surface area contributed by atoms with Crippen LogP contribution in [0.3, 0.4) is 0 Å². The van der Waals surface area contributed by atoms with Crippen molar-refractivity contribution in [1.29, 1.82) is 5.26 Å². The van der Waals surface area contributed by atoms with Crippen LogP contribution in [0.1, 0.15) is 20.3 Å². The summed E-state index contributed by atoms with van der Waals surface area (Å²) >= 11 is 0. The van der Waals surface area contributed by atoms with Gasteiger partial charge in [0.2, 0.25) is 0 Å². The number of nitriles is 1. The van der Waals surface area contributed by atoms with Gasteiger partial charge in [-0.05, 0) is 13.8 Å². The Morgan fingerprint density at radius 3 is 2.79 bits per heavy atom. The average Bonchev–Trinajstić information content (AvgIpc) is 2.56. The molecule has 1 N–H and O–H groups in total. The largest absolute Gasteiger partial charge is 0.375 e. The lowest BCUT2D eigenvalue weighted by Crippen LogP contribution is -2.29. The predicted octanol–water partition coefficient (Wildman–Crippen LogP) is 0.137. The van der Waals surface area contributed by atoms with Crippen LogP contribution < -0.4 is 0 Å². The van der Waals surface area contributed by atoms with E-state index in [1.807, 2.05) is 13.8 Å². The van der Waals surface area contributed by atoms with E-state index in [1.54, 1.807) is 6.07 Å². The maximum atomic E-state index is 9.25. The first kappa shape index (κ1) is 9.87. The second-order valence-electron chi connectivity index (χ2n) is 4.03. The molecule has 78 valence electrons. The van der Waals surface area contributed by atoms with Crippen LogP contribution in [0.4, 0.5) is 0 Å². The molecule has 2 aliphatic heterocycles. The summed E-state index contributed by atoms with van der Waals surface area (Å²) in [5.41, 5.74) is 0. The number of hydrogen-bond acceptors (Lipinski definition) is 5. The zero-order chi connectivity index (χ0) is 10.3. The van der Waals surface area contributed by atoms with E-state index in [0.717, 1.165) is 0 Å². The fourth-order valence-electron chi connectivity index (χ4n) is 1.82. The highest BCUT2D eigenvalue weighted by molar-refractivity contribution is 4.96. The Morgan fingerprint density at radius 2 is 2.21 bits per heavy atom. The van der Waals surface area contributed by atoms with Crippen molar-refractivity contribution in [2.45, 2.75) is 50.7 Å². The number of nitrogens with zero attached hydrogens (tertiary/aromatic N) is 1. The molecule has 2 aliphatic rings. The Labute approximate surface area is 82.2 Å². The minimum absolute atomic E-state index is 0.169. The Bertz CT molecular complexity index is 256. The molecule has 0 saturated carbocycles. The highest BCUT2D eigenvalue weighted by Gasteiger charge is 2.50. The number of fused-ring (bicyclic) bond motifs is 1. The van der Waals surface area contributed by atoms with Crippen molar-refractivity contribution in [3.05, 3.63) is 0 Å². The lowest BCUT2D eigenvalue weighted by atomic mass is 10.1. The van der Waals surface area contributed by atoms with Crippen molar-refractivity contribution in [2.24, 2.45) is 0 Å². The van der Waals surface area contributed by atoms with Gasteiger partial charge in [0.15, 0.2) is 18.2 Å². The van der Waals surface area contributed by atoms with Crippen molar-refractivity contribution >= 4 is 0 Å². The Kier molecular flexibility index (Phi) is 2.24. The highest BCUT2D eigenvalue weighted by atomic mass is 16.8. The number of aliphatic hydroxyl groups excluding tert-OH is 1. The van der Waals surface area contributed by atoms with Gasteiger partial charge in [-0.2, -0.15) is 5.26 Å². The minimum atomic E-state index is -1.10. The summed E-state index contributed by atoms with van der Waals surface area (Å²) in [5.74, 6) is -0.627. The molecular weight excluding hydrogens is 186 g/mol. The number of ether oxygens (including phenoxy) is 3. The summed E-state index contributed by atoms with van der Waals surface area (Å²) in [4.78, 5) is 0. The first-order valence-corrected chi connectivity index (χ1v) is 4.60. The summed E-state index contributed by atoms with van der Waals surface area (Å²) in [7, 11) is 0.